The van der Waals surface area contributed by atoms with Gasteiger partial charge in [-0.25, -0.2) is 0 Å². The van der Waals surface area contributed by atoms with Crippen LogP contribution >= 0.6 is 12.4 Å². The second-order valence-corrected chi connectivity index (χ2v) is 6.29. The van der Waals surface area contributed by atoms with Crippen molar-refractivity contribution in [3.8, 4) is 5.75 Å². The van der Waals surface area contributed by atoms with Gasteiger partial charge in [0.2, 0.25) is 5.91 Å². The predicted octanol–water partition coefficient (Wildman–Crippen LogP) is 3.08. The molecule has 0 radical (unpaired) electrons. The maximum absolute atomic E-state index is 12.3. The molecule has 0 saturated carbocycles. The largest absolute Gasteiger partial charge is 0.489 e. The second kappa shape index (κ2) is 9.78. The van der Waals surface area contributed by atoms with Gasteiger partial charge in [0.15, 0.2) is 0 Å². The summed E-state index contributed by atoms with van der Waals surface area (Å²) in [5, 5.41) is 6.44. The van der Waals surface area contributed by atoms with Crippen LogP contribution in [0.25, 0.3) is 0 Å². The molecule has 23 heavy (non-hydrogen) atoms. The van der Waals surface area contributed by atoms with Gasteiger partial charge in [-0.2, -0.15) is 0 Å². The Bertz CT molecular complexity index is 496. The number of amides is 1. The minimum absolute atomic E-state index is 0. The Kier molecular flexibility index (Phi) is 8.42. The molecule has 1 aliphatic heterocycles. The fourth-order valence-corrected chi connectivity index (χ4v) is 2.88. The topological polar surface area (TPSA) is 50.4 Å². The first-order valence-corrected chi connectivity index (χ1v) is 8.33. The lowest BCUT2D eigenvalue weighted by molar-refractivity contribution is -0.126. The summed E-state index contributed by atoms with van der Waals surface area (Å²) in [6.45, 7) is 7.76. The number of hydrogen-bond acceptors (Lipinski definition) is 3. The van der Waals surface area contributed by atoms with Crippen molar-refractivity contribution in [2.45, 2.75) is 52.2 Å². The van der Waals surface area contributed by atoms with E-state index in [-0.39, 0.29) is 30.3 Å². The van der Waals surface area contributed by atoms with Gasteiger partial charge in [-0.1, -0.05) is 19.1 Å². The fraction of sp³-hybridized carbons (Fsp3) is 0.611. The quantitative estimate of drug-likeness (QED) is 0.836. The molecule has 0 aliphatic carbocycles. The van der Waals surface area contributed by atoms with Gasteiger partial charge >= 0.3 is 0 Å². The highest BCUT2D eigenvalue weighted by atomic mass is 35.5. The number of carbonyl (C=O) groups is 1. The number of rotatable bonds is 6. The fourth-order valence-electron chi connectivity index (χ4n) is 2.88. The van der Waals surface area contributed by atoms with Crippen LogP contribution in [0.5, 0.6) is 5.75 Å². The summed E-state index contributed by atoms with van der Waals surface area (Å²) >= 11 is 0. The van der Waals surface area contributed by atoms with Crippen LogP contribution in [0.3, 0.4) is 0 Å². The molecule has 1 amide bonds. The number of halogens is 1. The van der Waals surface area contributed by atoms with E-state index in [2.05, 4.69) is 24.5 Å². The zero-order valence-electron chi connectivity index (χ0n) is 14.3. The Balaban J connectivity index is 0.00000264. The van der Waals surface area contributed by atoms with E-state index in [1.54, 1.807) is 0 Å². The normalized spacial score (nSPS) is 21.9. The number of benzene rings is 1. The van der Waals surface area contributed by atoms with Gasteiger partial charge in [0.1, 0.15) is 11.9 Å². The number of piperidine rings is 1. The summed E-state index contributed by atoms with van der Waals surface area (Å²) in [7, 11) is 0. The van der Waals surface area contributed by atoms with E-state index in [0.29, 0.717) is 12.6 Å². The lowest BCUT2D eigenvalue weighted by Crippen LogP contribution is -2.44. The third-order valence-corrected chi connectivity index (χ3v) is 4.25. The molecule has 130 valence electrons. The van der Waals surface area contributed by atoms with Gasteiger partial charge in [0.25, 0.3) is 0 Å². The molecule has 1 aliphatic rings. The van der Waals surface area contributed by atoms with Crippen LogP contribution in [0.1, 0.15) is 38.7 Å². The summed E-state index contributed by atoms with van der Waals surface area (Å²) in [4.78, 5) is 12.3. The summed E-state index contributed by atoms with van der Waals surface area (Å²) in [6.07, 6.45) is 2.73. The molecule has 3 atom stereocenters. The molecule has 0 aromatic heterocycles. The van der Waals surface area contributed by atoms with Crippen molar-refractivity contribution in [3.05, 3.63) is 29.8 Å². The first kappa shape index (κ1) is 19.8. The molecule has 1 fully saturated rings. The lowest BCUT2D eigenvalue weighted by atomic mass is 9.92. The third kappa shape index (κ3) is 6.40. The van der Waals surface area contributed by atoms with Crippen LogP contribution in [-0.4, -0.2) is 31.1 Å². The number of ether oxygens (including phenoxy) is 1. The Morgan fingerprint density at radius 3 is 2.91 bits per heavy atom. The molecule has 4 nitrogen and oxygen atoms in total. The van der Waals surface area contributed by atoms with Crippen LogP contribution in [0.15, 0.2) is 24.3 Å². The Labute approximate surface area is 145 Å². The zero-order chi connectivity index (χ0) is 15.9. The molecular weight excluding hydrogens is 312 g/mol. The summed E-state index contributed by atoms with van der Waals surface area (Å²) in [6, 6.07) is 8.46. The Hall–Kier alpha value is -1.26. The van der Waals surface area contributed by atoms with Crippen molar-refractivity contribution in [2.75, 3.05) is 13.1 Å². The molecule has 1 heterocycles. The molecule has 1 unspecified atom stereocenters. The minimum atomic E-state index is 0. The average Bonchev–Trinajstić information content (AvgIpc) is 2.51. The summed E-state index contributed by atoms with van der Waals surface area (Å²) in [5.41, 5.74) is 1.18. The van der Waals surface area contributed by atoms with Crippen LogP contribution in [-0.2, 0) is 4.79 Å². The van der Waals surface area contributed by atoms with Gasteiger partial charge in [0, 0.05) is 12.0 Å². The molecule has 1 aromatic carbocycles. The van der Waals surface area contributed by atoms with Crippen LogP contribution < -0.4 is 15.4 Å². The predicted molar refractivity (Wildman–Crippen MR) is 96.3 cm³/mol. The highest BCUT2D eigenvalue weighted by molar-refractivity contribution is 5.85. The van der Waals surface area contributed by atoms with Crippen molar-refractivity contribution in [1.29, 1.82) is 0 Å². The maximum atomic E-state index is 12.3. The number of aryl methyl sites for hydroxylation is 1. The molecule has 5 heteroatoms. The molecule has 0 spiro atoms. The van der Waals surface area contributed by atoms with Gasteiger partial charge in [0.05, 0.1) is 6.54 Å². The van der Waals surface area contributed by atoms with Crippen molar-refractivity contribution in [1.82, 2.24) is 10.6 Å². The van der Waals surface area contributed by atoms with Gasteiger partial charge < -0.3 is 15.4 Å². The van der Waals surface area contributed by atoms with Crippen LogP contribution in [0, 0.1) is 12.8 Å². The Morgan fingerprint density at radius 1 is 1.48 bits per heavy atom. The summed E-state index contributed by atoms with van der Waals surface area (Å²) in [5.74, 6) is 1.17. The first-order chi connectivity index (χ1) is 10.6. The van der Waals surface area contributed by atoms with Gasteiger partial charge in [-0.05, 0) is 57.4 Å². The number of nitrogens with one attached hydrogen (secondary N) is 2. The van der Waals surface area contributed by atoms with Crippen molar-refractivity contribution in [2.24, 2.45) is 5.92 Å². The molecule has 0 bridgehead atoms. The minimum Gasteiger partial charge on any atom is -0.489 e. The van der Waals surface area contributed by atoms with E-state index in [1.165, 1.54) is 5.56 Å². The molecule has 2 rings (SSSR count). The van der Waals surface area contributed by atoms with E-state index in [1.807, 2.05) is 31.2 Å². The van der Waals surface area contributed by atoms with Gasteiger partial charge in [-0.15, -0.1) is 12.4 Å². The van der Waals surface area contributed by atoms with E-state index in [9.17, 15) is 4.79 Å². The zero-order valence-corrected chi connectivity index (χ0v) is 15.1. The molecule has 2 N–H and O–H groups in total. The van der Waals surface area contributed by atoms with Crippen LogP contribution in [0.4, 0.5) is 0 Å². The smallest absolute Gasteiger partial charge is 0.223 e. The van der Waals surface area contributed by atoms with Crippen molar-refractivity contribution in [3.63, 3.8) is 0 Å². The summed E-state index contributed by atoms with van der Waals surface area (Å²) < 4.78 is 5.98. The van der Waals surface area contributed by atoms with Crippen molar-refractivity contribution < 1.29 is 9.53 Å². The lowest BCUT2D eigenvalue weighted by Gasteiger charge is -2.27. The van der Waals surface area contributed by atoms with E-state index in [0.717, 1.165) is 31.6 Å². The first-order valence-electron chi connectivity index (χ1n) is 8.33. The second-order valence-electron chi connectivity index (χ2n) is 6.29. The Morgan fingerprint density at radius 2 is 2.26 bits per heavy atom. The van der Waals surface area contributed by atoms with E-state index >= 15 is 0 Å². The molecule has 1 aromatic rings. The highest BCUT2D eigenvalue weighted by Crippen LogP contribution is 2.17. The van der Waals surface area contributed by atoms with Crippen LogP contribution in [0.2, 0.25) is 0 Å². The van der Waals surface area contributed by atoms with E-state index in [4.69, 9.17) is 4.74 Å². The molecule has 1 saturated heterocycles. The maximum Gasteiger partial charge on any atom is 0.223 e. The van der Waals surface area contributed by atoms with Crippen molar-refractivity contribution >= 4 is 18.3 Å². The average molecular weight is 341 g/mol. The highest BCUT2D eigenvalue weighted by Gasteiger charge is 2.25. The monoisotopic (exact) mass is 340 g/mol. The number of carbonyl (C=O) groups excluding carboxylic acids is 1. The number of hydrogen-bond donors (Lipinski definition) is 2. The van der Waals surface area contributed by atoms with Gasteiger partial charge in [-0.3, -0.25) is 4.79 Å². The standard InChI is InChI=1S/C18H28N2O2.ClH/c1-4-16(22-17-7-5-6-13(2)10-17)12-20-18(21)15-8-9-19-14(3)11-15;/h5-7,10,14-16,19H,4,8-9,11-12H2,1-3H3,(H,20,21);1H/t14-,15-,16?;/m0./s1. The third-order valence-electron chi connectivity index (χ3n) is 4.25. The SMILES string of the molecule is CCC(CNC(=O)[C@H]1CCN[C@@H](C)C1)Oc1cccc(C)c1.Cl. The molecular formula is C18H29ClN2O2. The van der Waals surface area contributed by atoms with E-state index < -0.39 is 0 Å².